The van der Waals surface area contributed by atoms with E-state index in [2.05, 4.69) is 0 Å². The van der Waals surface area contributed by atoms with Crippen LogP contribution in [0.1, 0.15) is 33.6 Å². The second-order valence-corrected chi connectivity index (χ2v) is 6.54. The van der Waals surface area contributed by atoms with E-state index >= 15 is 0 Å². The Morgan fingerprint density at radius 3 is 2.22 bits per heavy atom. The van der Waals surface area contributed by atoms with Crippen molar-refractivity contribution in [2.45, 2.75) is 33.6 Å². The number of hydrogen-bond donors (Lipinski definition) is 1. The van der Waals surface area contributed by atoms with Gasteiger partial charge in [-0.3, -0.25) is 19.3 Å². The molecular weight excluding hydrogens is 234 g/mol. The molecule has 1 aliphatic carbocycles. The van der Waals surface area contributed by atoms with Crippen LogP contribution in [0, 0.1) is 23.2 Å². The third kappa shape index (κ3) is 2.40. The van der Waals surface area contributed by atoms with Crippen molar-refractivity contribution in [3.05, 3.63) is 0 Å². The van der Waals surface area contributed by atoms with Crippen LogP contribution in [0.5, 0.6) is 0 Å². The molecule has 2 amide bonds. The van der Waals surface area contributed by atoms with E-state index in [0.717, 1.165) is 4.90 Å². The van der Waals surface area contributed by atoms with Crippen molar-refractivity contribution >= 4 is 17.8 Å². The molecule has 0 aromatic rings. The van der Waals surface area contributed by atoms with Crippen LogP contribution in [0.25, 0.3) is 0 Å². The van der Waals surface area contributed by atoms with Crippen molar-refractivity contribution in [3.8, 4) is 0 Å². The Hall–Kier alpha value is -1.39. The van der Waals surface area contributed by atoms with Gasteiger partial charge in [0.05, 0.1) is 17.8 Å². The maximum atomic E-state index is 11.8. The molecule has 0 radical (unpaired) electrons. The van der Waals surface area contributed by atoms with Gasteiger partial charge in [0.25, 0.3) is 0 Å². The molecule has 18 heavy (non-hydrogen) atoms. The Morgan fingerprint density at radius 1 is 1.33 bits per heavy atom. The highest BCUT2D eigenvalue weighted by Gasteiger charge is 2.59. The normalized spacial score (nSPS) is 28.3. The molecule has 1 aliphatic heterocycles. The predicted octanol–water partition coefficient (Wildman–Crippen LogP) is 1.13. The summed E-state index contributed by atoms with van der Waals surface area (Å²) >= 11 is 0. The first-order valence-electron chi connectivity index (χ1n) is 6.29. The second kappa shape index (κ2) is 4.07. The zero-order chi connectivity index (χ0) is 13.7. The summed E-state index contributed by atoms with van der Waals surface area (Å²) in [7, 11) is 0. The summed E-state index contributed by atoms with van der Waals surface area (Å²) < 4.78 is 0. The molecule has 1 heterocycles. The zero-order valence-corrected chi connectivity index (χ0v) is 11.0. The number of carboxylic acids is 1. The highest BCUT2D eigenvalue weighted by atomic mass is 16.4. The van der Waals surface area contributed by atoms with Crippen LogP contribution in [0.4, 0.5) is 0 Å². The molecule has 2 rings (SSSR count). The molecule has 1 saturated carbocycles. The molecule has 2 fully saturated rings. The van der Waals surface area contributed by atoms with Gasteiger partial charge in [-0.15, -0.1) is 0 Å². The summed E-state index contributed by atoms with van der Waals surface area (Å²) in [5.41, 5.74) is -0.141. The number of piperidine rings is 1. The Labute approximate surface area is 106 Å². The van der Waals surface area contributed by atoms with Gasteiger partial charge < -0.3 is 5.11 Å². The first kappa shape index (κ1) is 13.1. The summed E-state index contributed by atoms with van der Waals surface area (Å²) in [6.07, 6.45) is 1.11. The minimum Gasteiger partial charge on any atom is -0.481 e. The average Bonchev–Trinajstić information content (AvgIpc) is 2.95. The SMILES string of the molecule is CC(C)(C)CC(CN1C(=O)C2CC2C1=O)C(=O)O. The average molecular weight is 253 g/mol. The smallest absolute Gasteiger partial charge is 0.308 e. The van der Waals surface area contributed by atoms with E-state index in [-0.39, 0.29) is 35.6 Å². The number of rotatable bonds is 4. The van der Waals surface area contributed by atoms with Gasteiger partial charge in [-0.2, -0.15) is 0 Å². The molecular formula is C13H19NO4. The lowest BCUT2D eigenvalue weighted by atomic mass is 9.84. The van der Waals surface area contributed by atoms with E-state index in [1.54, 1.807) is 0 Å². The number of fused-ring (bicyclic) bond motifs is 1. The first-order valence-corrected chi connectivity index (χ1v) is 6.29. The minimum absolute atomic E-state index is 0.0251. The number of amides is 2. The van der Waals surface area contributed by atoms with Crippen molar-refractivity contribution in [2.24, 2.45) is 23.2 Å². The predicted molar refractivity (Wildman–Crippen MR) is 63.5 cm³/mol. The van der Waals surface area contributed by atoms with Crippen LogP contribution in [-0.4, -0.2) is 34.3 Å². The Kier molecular flexibility index (Phi) is 2.95. The highest BCUT2D eigenvalue weighted by molar-refractivity contribution is 6.09. The molecule has 0 spiro atoms. The third-order valence-corrected chi connectivity index (χ3v) is 3.57. The van der Waals surface area contributed by atoms with Gasteiger partial charge in [-0.1, -0.05) is 20.8 Å². The maximum Gasteiger partial charge on any atom is 0.308 e. The van der Waals surface area contributed by atoms with E-state index in [4.69, 9.17) is 0 Å². The molecule has 0 aromatic carbocycles. The number of carbonyl (C=O) groups is 3. The van der Waals surface area contributed by atoms with Gasteiger partial charge in [-0.25, -0.2) is 0 Å². The fourth-order valence-corrected chi connectivity index (χ4v) is 2.62. The Morgan fingerprint density at radius 2 is 1.83 bits per heavy atom. The largest absolute Gasteiger partial charge is 0.481 e. The first-order chi connectivity index (χ1) is 8.20. The lowest BCUT2D eigenvalue weighted by Gasteiger charge is -2.26. The molecule has 5 heteroatoms. The molecule has 1 N–H and O–H groups in total. The van der Waals surface area contributed by atoms with Crippen molar-refractivity contribution in [1.29, 1.82) is 0 Å². The fraction of sp³-hybridized carbons (Fsp3) is 0.769. The molecule has 3 unspecified atom stereocenters. The molecule has 3 atom stereocenters. The number of imide groups is 1. The van der Waals surface area contributed by atoms with Gasteiger partial charge in [0.2, 0.25) is 11.8 Å². The van der Waals surface area contributed by atoms with E-state index < -0.39 is 11.9 Å². The van der Waals surface area contributed by atoms with Crippen LogP contribution in [0.2, 0.25) is 0 Å². The maximum absolute atomic E-state index is 11.8. The molecule has 2 aliphatic rings. The lowest BCUT2D eigenvalue weighted by Crippen LogP contribution is -2.40. The van der Waals surface area contributed by atoms with Crippen LogP contribution < -0.4 is 0 Å². The monoisotopic (exact) mass is 253 g/mol. The zero-order valence-electron chi connectivity index (χ0n) is 11.0. The number of carboxylic acid groups (broad SMARTS) is 1. The summed E-state index contributed by atoms with van der Waals surface area (Å²) in [6, 6.07) is 0. The van der Waals surface area contributed by atoms with Gasteiger partial charge in [0.15, 0.2) is 0 Å². The van der Waals surface area contributed by atoms with Crippen LogP contribution in [0.3, 0.4) is 0 Å². The van der Waals surface area contributed by atoms with Crippen molar-refractivity contribution in [2.75, 3.05) is 6.54 Å². The Bertz CT molecular complexity index is 390. The van der Waals surface area contributed by atoms with Gasteiger partial charge in [0, 0.05) is 6.54 Å². The number of aliphatic carboxylic acids is 1. The summed E-state index contributed by atoms with van der Waals surface area (Å²) in [6.45, 7) is 5.88. The van der Waals surface area contributed by atoms with E-state index in [9.17, 15) is 19.5 Å². The molecule has 0 bridgehead atoms. The minimum atomic E-state index is -0.939. The number of carbonyl (C=O) groups excluding carboxylic acids is 2. The molecule has 0 aromatic heterocycles. The van der Waals surface area contributed by atoms with E-state index in [0.29, 0.717) is 12.8 Å². The van der Waals surface area contributed by atoms with Crippen molar-refractivity contribution in [1.82, 2.24) is 4.90 Å². The van der Waals surface area contributed by atoms with Crippen LogP contribution >= 0.6 is 0 Å². The second-order valence-electron chi connectivity index (χ2n) is 6.54. The van der Waals surface area contributed by atoms with Gasteiger partial charge in [-0.05, 0) is 18.3 Å². The van der Waals surface area contributed by atoms with Crippen LogP contribution in [0.15, 0.2) is 0 Å². The summed E-state index contributed by atoms with van der Waals surface area (Å²) in [5, 5.41) is 9.20. The number of likely N-dealkylation sites (tertiary alicyclic amines) is 1. The van der Waals surface area contributed by atoms with E-state index in [1.165, 1.54) is 0 Å². The third-order valence-electron chi connectivity index (χ3n) is 3.57. The van der Waals surface area contributed by atoms with Gasteiger partial charge >= 0.3 is 5.97 Å². The molecule has 1 saturated heterocycles. The molecule has 100 valence electrons. The highest BCUT2D eigenvalue weighted by Crippen LogP contribution is 2.47. The fourth-order valence-electron chi connectivity index (χ4n) is 2.62. The topological polar surface area (TPSA) is 74.7 Å². The molecule has 5 nitrogen and oxygen atoms in total. The van der Waals surface area contributed by atoms with E-state index in [1.807, 2.05) is 20.8 Å². The standard InChI is InChI=1S/C13H19NO4/c1-13(2,3)5-7(12(17)18)6-14-10(15)8-4-9(8)11(14)16/h7-9H,4-6H2,1-3H3,(H,17,18). The van der Waals surface area contributed by atoms with Gasteiger partial charge in [0.1, 0.15) is 0 Å². The number of nitrogens with zero attached hydrogens (tertiary/aromatic N) is 1. The van der Waals surface area contributed by atoms with Crippen molar-refractivity contribution < 1.29 is 19.5 Å². The van der Waals surface area contributed by atoms with Crippen LogP contribution in [-0.2, 0) is 14.4 Å². The quantitative estimate of drug-likeness (QED) is 0.762. The lowest BCUT2D eigenvalue weighted by molar-refractivity contribution is -0.147. The number of hydrogen-bond acceptors (Lipinski definition) is 3. The Balaban J connectivity index is 2.03. The summed E-state index contributed by atoms with van der Waals surface area (Å²) in [4.78, 5) is 36.0. The van der Waals surface area contributed by atoms with Crippen molar-refractivity contribution in [3.63, 3.8) is 0 Å². The summed E-state index contributed by atoms with van der Waals surface area (Å²) in [5.74, 6) is -2.26.